The Balaban J connectivity index is 1.31. The number of hydrogen-bond acceptors (Lipinski definition) is 4. The summed E-state index contributed by atoms with van der Waals surface area (Å²) in [5.41, 5.74) is 2.90. The molecule has 1 aliphatic rings. The lowest BCUT2D eigenvalue weighted by atomic mass is 10.1. The third-order valence-corrected chi connectivity index (χ3v) is 5.37. The van der Waals surface area contributed by atoms with E-state index in [4.69, 9.17) is 0 Å². The molecule has 26 heavy (non-hydrogen) atoms. The molecule has 0 radical (unpaired) electrons. The number of nitrogens with one attached hydrogen (secondary N) is 1. The molecule has 6 heteroatoms. The van der Waals surface area contributed by atoms with Gasteiger partial charge in [0, 0.05) is 29.8 Å². The molecule has 2 aromatic heterocycles. The number of rotatable bonds is 7. The molecule has 4 rings (SSSR count). The van der Waals surface area contributed by atoms with Crippen LogP contribution >= 0.6 is 11.8 Å². The minimum atomic E-state index is -0.0579. The number of imidazole rings is 1. The van der Waals surface area contributed by atoms with Gasteiger partial charge in [-0.05, 0) is 42.7 Å². The Morgan fingerprint density at radius 2 is 2.04 bits per heavy atom. The molecular formula is C20H20N4OS. The van der Waals surface area contributed by atoms with Gasteiger partial charge in [0.05, 0.1) is 23.6 Å². The second-order valence-electron chi connectivity index (χ2n) is 6.36. The molecule has 0 atom stereocenters. The van der Waals surface area contributed by atoms with Crippen LogP contribution in [0.25, 0.3) is 0 Å². The molecule has 1 aliphatic carbocycles. The highest BCUT2D eigenvalue weighted by molar-refractivity contribution is 7.98. The van der Waals surface area contributed by atoms with Crippen molar-refractivity contribution in [3.8, 4) is 0 Å². The molecule has 1 saturated carbocycles. The average Bonchev–Trinajstić information content (AvgIpc) is 3.43. The lowest BCUT2D eigenvalue weighted by Crippen LogP contribution is -2.24. The maximum atomic E-state index is 12.4. The van der Waals surface area contributed by atoms with Crippen molar-refractivity contribution in [3.05, 3.63) is 78.0 Å². The third kappa shape index (κ3) is 4.14. The first-order valence-electron chi connectivity index (χ1n) is 8.71. The second kappa shape index (κ2) is 7.74. The minimum absolute atomic E-state index is 0.0579. The predicted molar refractivity (Wildman–Crippen MR) is 102 cm³/mol. The van der Waals surface area contributed by atoms with Crippen LogP contribution in [0, 0.1) is 0 Å². The average molecular weight is 364 g/mol. The molecule has 2 heterocycles. The first-order chi connectivity index (χ1) is 12.8. The van der Waals surface area contributed by atoms with Crippen molar-refractivity contribution in [3.63, 3.8) is 0 Å². The van der Waals surface area contributed by atoms with Gasteiger partial charge in [-0.2, -0.15) is 0 Å². The van der Waals surface area contributed by atoms with Crippen LogP contribution in [0.3, 0.4) is 0 Å². The molecule has 132 valence electrons. The van der Waals surface area contributed by atoms with E-state index in [1.54, 1.807) is 18.0 Å². The summed E-state index contributed by atoms with van der Waals surface area (Å²) in [6.07, 6.45) is 7.89. The number of amides is 1. The molecule has 1 amide bonds. The summed E-state index contributed by atoms with van der Waals surface area (Å²) < 4.78 is 2.16. The summed E-state index contributed by atoms with van der Waals surface area (Å²) in [5.74, 6) is 0.775. The number of thioether (sulfide) groups is 1. The van der Waals surface area contributed by atoms with Gasteiger partial charge in [0.15, 0.2) is 0 Å². The highest BCUT2D eigenvalue weighted by Crippen LogP contribution is 2.35. The number of benzene rings is 1. The zero-order valence-corrected chi connectivity index (χ0v) is 15.2. The standard InChI is InChI=1S/C20H20N4OS/c25-20(23-12-18-11-21-14-24(18)17-8-9-17)16-6-4-15(5-7-16)13-26-19-3-1-2-10-22-19/h1-7,10-11,14,17H,8-9,12-13H2,(H,23,25). The SMILES string of the molecule is O=C(NCc1cncn1C1CC1)c1ccc(CSc2ccccn2)cc1. The number of nitrogens with zero attached hydrogens (tertiary/aromatic N) is 3. The Labute approximate surface area is 156 Å². The van der Waals surface area contributed by atoms with Crippen LogP contribution in [-0.4, -0.2) is 20.4 Å². The van der Waals surface area contributed by atoms with Crippen LogP contribution < -0.4 is 5.32 Å². The van der Waals surface area contributed by atoms with Crippen LogP contribution in [0.2, 0.25) is 0 Å². The van der Waals surface area contributed by atoms with Crippen molar-refractivity contribution in [1.82, 2.24) is 19.9 Å². The fourth-order valence-corrected chi connectivity index (χ4v) is 3.58. The molecule has 1 aromatic carbocycles. The molecule has 0 unspecified atom stereocenters. The second-order valence-corrected chi connectivity index (χ2v) is 7.36. The van der Waals surface area contributed by atoms with E-state index in [1.807, 2.05) is 55.0 Å². The molecule has 0 aliphatic heterocycles. The van der Waals surface area contributed by atoms with Crippen LogP contribution in [0.1, 0.15) is 40.5 Å². The molecule has 5 nitrogen and oxygen atoms in total. The summed E-state index contributed by atoms with van der Waals surface area (Å²) in [4.78, 5) is 20.9. The maximum Gasteiger partial charge on any atom is 0.251 e. The van der Waals surface area contributed by atoms with Crippen molar-refractivity contribution in [2.24, 2.45) is 0 Å². The molecular weight excluding hydrogens is 344 g/mol. The summed E-state index contributed by atoms with van der Waals surface area (Å²) in [5, 5.41) is 3.99. The first kappa shape index (κ1) is 16.8. The Kier molecular flexibility index (Phi) is 5.02. The Bertz CT molecular complexity index is 872. The number of hydrogen-bond donors (Lipinski definition) is 1. The number of aromatic nitrogens is 3. The minimum Gasteiger partial charge on any atom is -0.346 e. The Morgan fingerprint density at radius 1 is 1.19 bits per heavy atom. The largest absolute Gasteiger partial charge is 0.346 e. The number of pyridine rings is 1. The summed E-state index contributed by atoms with van der Waals surface area (Å²) in [6.45, 7) is 0.507. The van der Waals surface area contributed by atoms with E-state index in [0.29, 0.717) is 18.2 Å². The van der Waals surface area contributed by atoms with Crippen molar-refractivity contribution in [2.45, 2.75) is 36.2 Å². The molecule has 1 fully saturated rings. The van der Waals surface area contributed by atoms with Gasteiger partial charge >= 0.3 is 0 Å². The van der Waals surface area contributed by atoms with E-state index in [2.05, 4.69) is 19.9 Å². The van der Waals surface area contributed by atoms with E-state index in [0.717, 1.165) is 16.5 Å². The highest BCUT2D eigenvalue weighted by Gasteiger charge is 2.25. The molecule has 0 bridgehead atoms. The van der Waals surface area contributed by atoms with E-state index in [9.17, 15) is 4.79 Å². The lowest BCUT2D eigenvalue weighted by molar-refractivity contribution is 0.0950. The quantitative estimate of drug-likeness (QED) is 0.647. The van der Waals surface area contributed by atoms with Gasteiger partial charge in [-0.1, -0.05) is 18.2 Å². The third-order valence-electron chi connectivity index (χ3n) is 4.36. The van der Waals surface area contributed by atoms with Gasteiger partial charge in [-0.25, -0.2) is 9.97 Å². The van der Waals surface area contributed by atoms with Gasteiger partial charge in [0.1, 0.15) is 0 Å². The number of carbonyl (C=O) groups excluding carboxylic acids is 1. The van der Waals surface area contributed by atoms with Crippen molar-refractivity contribution in [1.29, 1.82) is 0 Å². The first-order valence-corrected chi connectivity index (χ1v) is 9.70. The molecule has 0 saturated heterocycles. The monoisotopic (exact) mass is 364 g/mol. The Morgan fingerprint density at radius 3 is 2.77 bits per heavy atom. The van der Waals surface area contributed by atoms with Gasteiger partial charge in [0.25, 0.3) is 5.91 Å². The lowest BCUT2D eigenvalue weighted by Gasteiger charge is -2.09. The van der Waals surface area contributed by atoms with Crippen LogP contribution in [0.4, 0.5) is 0 Å². The summed E-state index contributed by atoms with van der Waals surface area (Å²) in [6, 6.07) is 14.2. The zero-order chi connectivity index (χ0) is 17.8. The summed E-state index contributed by atoms with van der Waals surface area (Å²) >= 11 is 1.69. The van der Waals surface area contributed by atoms with Crippen LogP contribution in [0.5, 0.6) is 0 Å². The Hall–Kier alpha value is -2.60. The normalized spacial score (nSPS) is 13.5. The van der Waals surface area contributed by atoms with E-state index in [1.165, 1.54) is 18.4 Å². The van der Waals surface area contributed by atoms with Crippen LogP contribution in [0.15, 0.2) is 66.2 Å². The van der Waals surface area contributed by atoms with Gasteiger partial charge in [-0.15, -0.1) is 11.8 Å². The zero-order valence-electron chi connectivity index (χ0n) is 14.3. The smallest absolute Gasteiger partial charge is 0.251 e. The fraction of sp³-hybridized carbons (Fsp3) is 0.250. The maximum absolute atomic E-state index is 12.4. The van der Waals surface area contributed by atoms with Gasteiger partial charge < -0.3 is 9.88 Å². The van der Waals surface area contributed by atoms with E-state index >= 15 is 0 Å². The fourth-order valence-electron chi connectivity index (χ4n) is 2.77. The van der Waals surface area contributed by atoms with Crippen molar-refractivity contribution < 1.29 is 4.79 Å². The predicted octanol–water partition coefficient (Wildman–Crippen LogP) is 3.84. The molecule has 3 aromatic rings. The molecule has 0 spiro atoms. The topological polar surface area (TPSA) is 59.8 Å². The van der Waals surface area contributed by atoms with E-state index < -0.39 is 0 Å². The van der Waals surface area contributed by atoms with E-state index in [-0.39, 0.29) is 5.91 Å². The van der Waals surface area contributed by atoms with Gasteiger partial charge in [0.2, 0.25) is 0 Å². The molecule has 1 N–H and O–H groups in total. The van der Waals surface area contributed by atoms with Crippen molar-refractivity contribution >= 4 is 17.7 Å². The highest BCUT2D eigenvalue weighted by atomic mass is 32.2. The van der Waals surface area contributed by atoms with Crippen LogP contribution in [-0.2, 0) is 12.3 Å². The summed E-state index contributed by atoms with van der Waals surface area (Å²) in [7, 11) is 0. The van der Waals surface area contributed by atoms with Gasteiger partial charge in [-0.3, -0.25) is 4.79 Å². The number of carbonyl (C=O) groups is 1. The van der Waals surface area contributed by atoms with Crippen molar-refractivity contribution in [2.75, 3.05) is 0 Å².